The molecule has 3 nitrogen and oxygen atoms in total. The summed E-state index contributed by atoms with van der Waals surface area (Å²) in [7, 11) is 0. The third kappa shape index (κ3) is 1.68. The summed E-state index contributed by atoms with van der Waals surface area (Å²) in [4.78, 5) is 10.5. The minimum Gasteiger partial charge on any atom is -0.465 e. The Hall–Kier alpha value is -0.570. The monoisotopic (exact) mass is 131 g/mol. The minimum atomic E-state index is -0.824. The predicted molar refractivity (Wildman–Crippen MR) is 30.8 cm³/mol. The topological polar surface area (TPSA) is 46.5 Å². The molecule has 3 heteroatoms. The van der Waals surface area contributed by atoms with E-state index in [-0.39, 0.29) is 12.4 Å². The van der Waals surface area contributed by atoms with E-state index in [1.165, 1.54) is 0 Å². The lowest BCUT2D eigenvalue weighted by Gasteiger charge is -2.26. The van der Waals surface area contributed by atoms with E-state index in [2.05, 4.69) is 4.74 Å². The Morgan fingerprint density at radius 2 is 2.44 bits per heavy atom. The van der Waals surface area contributed by atoms with Crippen molar-refractivity contribution in [1.29, 1.82) is 0 Å². The molecule has 1 unspecified atom stereocenters. The SMILES string of the molecule is CC1(O)C[13CH2]OC(=O)C1. The van der Waals surface area contributed by atoms with Gasteiger partial charge in [-0.2, -0.15) is 0 Å². The van der Waals surface area contributed by atoms with E-state index in [0.717, 1.165) is 0 Å². The zero-order valence-electron chi connectivity index (χ0n) is 5.39. The fraction of sp³-hybridized carbons (Fsp3) is 0.833. The second-order valence-corrected chi connectivity index (χ2v) is 2.64. The van der Waals surface area contributed by atoms with E-state index in [0.29, 0.717) is 13.0 Å². The summed E-state index contributed by atoms with van der Waals surface area (Å²) in [5, 5.41) is 9.24. The number of hydrogen-bond donors (Lipinski definition) is 1. The standard InChI is InChI=1S/C6H10O3/c1-6(8)2-3-9-5(7)4-6/h8H,2-4H2,1H3/i3+1. The lowest BCUT2D eigenvalue weighted by molar-refractivity contribution is -0.157. The van der Waals surface area contributed by atoms with E-state index in [4.69, 9.17) is 0 Å². The molecular formula is C6H10O3. The highest BCUT2D eigenvalue weighted by Crippen LogP contribution is 2.19. The molecule has 0 radical (unpaired) electrons. The number of ether oxygens (including phenoxy) is 1. The molecule has 1 N–H and O–H groups in total. The van der Waals surface area contributed by atoms with Crippen LogP contribution in [0.4, 0.5) is 0 Å². The summed E-state index contributed by atoms with van der Waals surface area (Å²) in [5.41, 5.74) is -0.824. The van der Waals surface area contributed by atoms with Crippen LogP contribution in [0.25, 0.3) is 0 Å². The maximum atomic E-state index is 10.5. The minimum absolute atomic E-state index is 0.132. The molecule has 0 amide bonds. The Kier molecular flexibility index (Phi) is 1.45. The van der Waals surface area contributed by atoms with Gasteiger partial charge in [0, 0.05) is 6.42 Å². The van der Waals surface area contributed by atoms with Gasteiger partial charge in [0.2, 0.25) is 0 Å². The molecule has 0 bridgehead atoms. The van der Waals surface area contributed by atoms with Crippen LogP contribution >= 0.6 is 0 Å². The first-order valence-electron chi connectivity index (χ1n) is 2.98. The highest BCUT2D eigenvalue weighted by atomic mass is 16.6. The molecule has 9 heavy (non-hydrogen) atoms. The highest BCUT2D eigenvalue weighted by Gasteiger charge is 2.29. The first-order chi connectivity index (χ1) is 4.10. The van der Waals surface area contributed by atoms with Crippen molar-refractivity contribution in [1.82, 2.24) is 0 Å². The van der Waals surface area contributed by atoms with Gasteiger partial charge in [0.15, 0.2) is 0 Å². The Balaban J connectivity index is 2.51. The lowest BCUT2D eigenvalue weighted by atomic mass is 10.0. The number of carbonyl (C=O) groups is 1. The molecular weight excluding hydrogens is 121 g/mol. The van der Waals surface area contributed by atoms with Crippen molar-refractivity contribution in [2.45, 2.75) is 25.4 Å². The number of carbonyl (C=O) groups excluding carboxylic acids is 1. The van der Waals surface area contributed by atoms with Crippen molar-refractivity contribution >= 4 is 5.97 Å². The molecule has 0 aromatic rings. The van der Waals surface area contributed by atoms with Crippen LogP contribution in [0.5, 0.6) is 0 Å². The van der Waals surface area contributed by atoms with Crippen LogP contribution in [0.1, 0.15) is 19.8 Å². The van der Waals surface area contributed by atoms with E-state index in [1.807, 2.05) is 0 Å². The van der Waals surface area contributed by atoms with Crippen molar-refractivity contribution in [3.8, 4) is 0 Å². The Labute approximate surface area is 53.6 Å². The van der Waals surface area contributed by atoms with Gasteiger partial charge in [-0.25, -0.2) is 0 Å². The lowest BCUT2D eigenvalue weighted by Crippen LogP contribution is -2.35. The van der Waals surface area contributed by atoms with Crippen molar-refractivity contribution in [3.63, 3.8) is 0 Å². The van der Waals surface area contributed by atoms with Gasteiger partial charge in [0.05, 0.1) is 18.6 Å². The largest absolute Gasteiger partial charge is 0.465 e. The number of rotatable bonds is 0. The second-order valence-electron chi connectivity index (χ2n) is 2.64. The summed E-state index contributed by atoms with van der Waals surface area (Å²) >= 11 is 0. The molecule has 0 aromatic carbocycles. The Morgan fingerprint density at radius 3 is 2.78 bits per heavy atom. The summed E-state index contributed by atoms with van der Waals surface area (Å²) in [5.74, 6) is -0.300. The Morgan fingerprint density at radius 1 is 1.78 bits per heavy atom. The molecule has 0 spiro atoms. The van der Waals surface area contributed by atoms with Crippen molar-refractivity contribution in [2.75, 3.05) is 6.61 Å². The van der Waals surface area contributed by atoms with Gasteiger partial charge in [-0.15, -0.1) is 0 Å². The van der Waals surface area contributed by atoms with Crippen molar-refractivity contribution < 1.29 is 14.6 Å². The van der Waals surface area contributed by atoms with Crippen LogP contribution in [0.2, 0.25) is 0 Å². The number of hydrogen-bond acceptors (Lipinski definition) is 3. The number of esters is 1. The van der Waals surface area contributed by atoms with Crippen LogP contribution in [0, 0.1) is 0 Å². The Bertz CT molecular complexity index is 128. The van der Waals surface area contributed by atoms with Crippen molar-refractivity contribution in [3.05, 3.63) is 0 Å². The summed E-state index contributed by atoms with van der Waals surface area (Å²) < 4.78 is 4.61. The van der Waals surface area contributed by atoms with Crippen LogP contribution in [-0.2, 0) is 9.53 Å². The maximum absolute atomic E-state index is 10.5. The van der Waals surface area contributed by atoms with Gasteiger partial charge >= 0.3 is 5.97 Å². The first-order valence-corrected chi connectivity index (χ1v) is 2.98. The van der Waals surface area contributed by atoms with Gasteiger partial charge in [-0.3, -0.25) is 4.79 Å². The zero-order chi connectivity index (χ0) is 6.91. The van der Waals surface area contributed by atoms with Gasteiger partial charge in [-0.05, 0) is 6.92 Å². The normalized spacial score (nSPS) is 36.0. The summed E-state index contributed by atoms with van der Waals surface area (Å²) in [6, 6.07) is 0. The van der Waals surface area contributed by atoms with Crippen molar-refractivity contribution in [2.24, 2.45) is 0 Å². The van der Waals surface area contributed by atoms with Gasteiger partial charge in [0.1, 0.15) is 0 Å². The zero-order valence-corrected chi connectivity index (χ0v) is 5.39. The smallest absolute Gasteiger partial charge is 0.308 e. The highest BCUT2D eigenvalue weighted by molar-refractivity contribution is 5.71. The molecule has 0 aromatic heterocycles. The molecule has 1 aliphatic rings. The molecule has 0 aliphatic carbocycles. The molecule has 1 saturated heterocycles. The van der Waals surface area contributed by atoms with Gasteiger partial charge in [0.25, 0.3) is 0 Å². The van der Waals surface area contributed by atoms with Gasteiger partial charge < -0.3 is 9.84 Å². The quantitative estimate of drug-likeness (QED) is 0.374. The average Bonchev–Trinajstić information content (AvgIpc) is 1.60. The van der Waals surface area contributed by atoms with Crippen LogP contribution in [0.15, 0.2) is 0 Å². The third-order valence-electron chi connectivity index (χ3n) is 1.43. The van der Waals surface area contributed by atoms with Crippen LogP contribution < -0.4 is 0 Å². The van der Waals surface area contributed by atoms with Crippen LogP contribution in [0.3, 0.4) is 0 Å². The third-order valence-corrected chi connectivity index (χ3v) is 1.43. The predicted octanol–water partition coefficient (Wildman–Crippen LogP) is 0.0744. The summed E-state index contributed by atoms with van der Waals surface area (Å²) in [6.07, 6.45) is 0.686. The summed E-state index contributed by atoms with van der Waals surface area (Å²) in [6.45, 7) is 2.00. The average molecular weight is 131 g/mol. The van der Waals surface area contributed by atoms with Gasteiger partial charge in [-0.1, -0.05) is 0 Å². The first kappa shape index (κ1) is 6.55. The molecule has 52 valence electrons. The number of cyclic esters (lactones) is 1. The fourth-order valence-corrected chi connectivity index (χ4v) is 0.835. The molecule has 1 aliphatic heterocycles. The number of aliphatic hydroxyl groups is 1. The second kappa shape index (κ2) is 1.99. The van der Waals surface area contributed by atoms with E-state index in [1.54, 1.807) is 6.92 Å². The molecule has 1 fully saturated rings. The molecule has 1 rings (SSSR count). The van der Waals surface area contributed by atoms with E-state index >= 15 is 0 Å². The molecule has 1 heterocycles. The maximum Gasteiger partial charge on any atom is 0.308 e. The molecule has 1 atom stereocenters. The fourth-order valence-electron chi connectivity index (χ4n) is 0.835. The molecule has 0 saturated carbocycles. The van der Waals surface area contributed by atoms with E-state index < -0.39 is 5.60 Å². The van der Waals surface area contributed by atoms with E-state index in [9.17, 15) is 9.90 Å². The van der Waals surface area contributed by atoms with Crippen LogP contribution in [-0.4, -0.2) is 23.3 Å².